The average Bonchev–Trinajstić information content (AvgIpc) is 2.90. The highest BCUT2D eigenvalue weighted by molar-refractivity contribution is 8.26. The van der Waals surface area contributed by atoms with Crippen LogP contribution < -0.4 is 10.2 Å². The summed E-state index contributed by atoms with van der Waals surface area (Å²) in [6.07, 6.45) is 1.64. The van der Waals surface area contributed by atoms with E-state index in [4.69, 9.17) is 28.6 Å². The number of rotatable bonds is 4. The van der Waals surface area contributed by atoms with Crippen LogP contribution in [-0.2, 0) is 9.59 Å². The third-order valence-electron chi connectivity index (χ3n) is 3.82. The number of benzene rings is 2. The molecule has 148 valence electrons. The van der Waals surface area contributed by atoms with Gasteiger partial charge in [0.25, 0.3) is 11.8 Å². The summed E-state index contributed by atoms with van der Waals surface area (Å²) in [5, 5.41) is 1.31. The molecule has 0 aromatic heterocycles. The van der Waals surface area contributed by atoms with Crippen LogP contribution in [0.2, 0.25) is 5.02 Å². The number of esters is 1. The van der Waals surface area contributed by atoms with Gasteiger partial charge in [0.05, 0.1) is 15.5 Å². The molecule has 2 amide bonds. The fraction of sp³-hybridized carbons (Fsp3) is 0.100. The smallest absolute Gasteiger partial charge is 0.308 e. The SMILES string of the molecule is CC(=O)Oc1ccc(/C=C2/SC(=S)N(NC(=O)c3ccc(C)cc3Cl)C2=O)cc1. The Morgan fingerprint density at radius 1 is 1.21 bits per heavy atom. The van der Waals surface area contributed by atoms with Gasteiger partial charge in [-0.1, -0.05) is 41.6 Å². The number of halogens is 1. The third kappa shape index (κ3) is 5.03. The molecule has 0 spiro atoms. The van der Waals surface area contributed by atoms with Crippen molar-refractivity contribution in [3.8, 4) is 5.75 Å². The first kappa shape index (κ1) is 21.0. The van der Waals surface area contributed by atoms with Gasteiger partial charge in [-0.05, 0) is 60.6 Å². The van der Waals surface area contributed by atoms with Crippen LogP contribution >= 0.6 is 35.6 Å². The van der Waals surface area contributed by atoms with Crippen molar-refractivity contribution < 1.29 is 19.1 Å². The zero-order chi connectivity index (χ0) is 21.1. The highest BCUT2D eigenvalue weighted by atomic mass is 35.5. The van der Waals surface area contributed by atoms with Gasteiger partial charge in [0.2, 0.25) is 0 Å². The molecule has 6 nitrogen and oxygen atoms in total. The molecule has 1 saturated heterocycles. The highest BCUT2D eigenvalue weighted by Crippen LogP contribution is 2.32. The molecule has 9 heteroatoms. The van der Waals surface area contributed by atoms with Crippen LogP contribution in [-0.4, -0.2) is 27.1 Å². The standard InChI is InChI=1S/C20H15ClN2O4S2/c1-11-3-8-15(16(21)9-11)18(25)22-23-19(26)17(29-20(23)28)10-13-4-6-14(7-5-13)27-12(2)24/h3-10H,1-2H3,(H,22,25)/b17-10+. The predicted molar refractivity (Wildman–Crippen MR) is 116 cm³/mol. The summed E-state index contributed by atoms with van der Waals surface area (Å²) in [5.41, 5.74) is 4.38. The quantitative estimate of drug-likeness (QED) is 0.329. The molecular weight excluding hydrogens is 432 g/mol. The maximum absolute atomic E-state index is 12.7. The number of hydrogen-bond donors (Lipinski definition) is 1. The Morgan fingerprint density at radius 3 is 2.52 bits per heavy atom. The summed E-state index contributed by atoms with van der Waals surface area (Å²) < 4.78 is 5.18. The molecule has 3 rings (SSSR count). The fourth-order valence-electron chi connectivity index (χ4n) is 2.48. The van der Waals surface area contributed by atoms with E-state index in [0.29, 0.717) is 16.2 Å². The van der Waals surface area contributed by atoms with Crippen molar-refractivity contribution in [2.45, 2.75) is 13.8 Å². The Morgan fingerprint density at radius 2 is 1.90 bits per heavy atom. The molecular formula is C20H15ClN2O4S2. The van der Waals surface area contributed by atoms with Crippen LogP contribution in [0.1, 0.15) is 28.4 Å². The van der Waals surface area contributed by atoms with Gasteiger partial charge in [-0.25, -0.2) is 0 Å². The number of hydrazine groups is 1. The Kier molecular flexibility index (Phi) is 6.36. The van der Waals surface area contributed by atoms with E-state index in [1.807, 2.05) is 6.92 Å². The van der Waals surface area contributed by atoms with E-state index in [0.717, 1.165) is 22.3 Å². The van der Waals surface area contributed by atoms with Crippen LogP contribution in [0.4, 0.5) is 0 Å². The van der Waals surface area contributed by atoms with Crippen molar-refractivity contribution in [3.63, 3.8) is 0 Å². The first-order valence-corrected chi connectivity index (χ1v) is 9.98. The van der Waals surface area contributed by atoms with Crippen molar-refractivity contribution in [2.24, 2.45) is 0 Å². The van der Waals surface area contributed by atoms with Gasteiger partial charge in [0, 0.05) is 6.92 Å². The summed E-state index contributed by atoms with van der Waals surface area (Å²) in [6.45, 7) is 3.18. The molecule has 0 bridgehead atoms. The second-order valence-corrected chi connectivity index (χ2v) is 8.19. The number of hydrogen-bond acceptors (Lipinski definition) is 6. The first-order valence-electron chi connectivity index (χ1n) is 8.38. The molecule has 1 aliphatic rings. The highest BCUT2D eigenvalue weighted by Gasteiger charge is 2.34. The number of ether oxygens (including phenoxy) is 1. The normalized spacial score (nSPS) is 15.0. The van der Waals surface area contributed by atoms with Crippen LogP contribution in [0.25, 0.3) is 6.08 Å². The minimum atomic E-state index is -0.529. The van der Waals surface area contributed by atoms with E-state index in [1.165, 1.54) is 6.92 Å². The van der Waals surface area contributed by atoms with Gasteiger partial charge in [0.15, 0.2) is 4.32 Å². The number of amides is 2. The first-order chi connectivity index (χ1) is 13.7. The maximum atomic E-state index is 12.7. The Bertz CT molecular complexity index is 1050. The number of thioether (sulfide) groups is 1. The van der Waals surface area contributed by atoms with E-state index in [-0.39, 0.29) is 14.9 Å². The molecule has 1 fully saturated rings. The van der Waals surface area contributed by atoms with E-state index in [2.05, 4.69) is 5.43 Å². The molecule has 2 aromatic carbocycles. The topological polar surface area (TPSA) is 75.7 Å². The van der Waals surface area contributed by atoms with Crippen molar-refractivity contribution in [2.75, 3.05) is 0 Å². The molecule has 0 aliphatic carbocycles. The van der Waals surface area contributed by atoms with Crippen molar-refractivity contribution in [3.05, 3.63) is 69.1 Å². The van der Waals surface area contributed by atoms with E-state index in [9.17, 15) is 14.4 Å². The number of nitrogens with zero attached hydrogens (tertiary/aromatic N) is 1. The van der Waals surface area contributed by atoms with Gasteiger partial charge in [-0.15, -0.1) is 0 Å². The summed E-state index contributed by atoms with van der Waals surface area (Å²) >= 11 is 12.4. The number of nitrogens with one attached hydrogen (secondary N) is 1. The van der Waals surface area contributed by atoms with Crippen molar-refractivity contribution in [1.82, 2.24) is 10.4 Å². The lowest BCUT2D eigenvalue weighted by molar-refractivity contribution is -0.131. The lowest BCUT2D eigenvalue weighted by Gasteiger charge is -2.16. The summed E-state index contributed by atoms with van der Waals surface area (Å²) in [4.78, 5) is 36.5. The molecule has 1 heterocycles. The van der Waals surface area contributed by atoms with Gasteiger partial charge < -0.3 is 4.74 Å². The minimum Gasteiger partial charge on any atom is -0.427 e. The maximum Gasteiger partial charge on any atom is 0.308 e. The van der Waals surface area contributed by atoms with E-state index >= 15 is 0 Å². The zero-order valence-corrected chi connectivity index (χ0v) is 17.8. The predicted octanol–water partition coefficient (Wildman–Crippen LogP) is 4.12. The minimum absolute atomic E-state index is 0.203. The van der Waals surface area contributed by atoms with Gasteiger partial charge >= 0.3 is 5.97 Å². The fourth-order valence-corrected chi connectivity index (χ4v) is 3.98. The van der Waals surface area contributed by atoms with Crippen LogP contribution in [0.15, 0.2) is 47.4 Å². The van der Waals surface area contributed by atoms with E-state index in [1.54, 1.807) is 48.5 Å². The number of carbonyl (C=O) groups is 3. The lowest BCUT2D eigenvalue weighted by atomic mass is 10.1. The Labute approximate surface area is 181 Å². The van der Waals surface area contributed by atoms with Gasteiger partial charge in [0.1, 0.15) is 5.75 Å². The molecule has 0 atom stereocenters. The monoisotopic (exact) mass is 446 g/mol. The molecule has 2 aromatic rings. The van der Waals surface area contributed by atoms with Gasteiger partial charge in [-0.2, -0.15) is 5.01 Å². The van der Waals surface area contributed by atoms with E-state index < -0.39 is 17.8 Å². The number of aryl methyl sites for hydroxylation is 1. The lowest BCUT2D eigenvalue weighted by Crippen LogP contribution is -2.44. The van der Waals surface area contributed by atoms with Crippen LogP contribution in [0.5, 0.6) is 5.75 Å². The Balaban J connectivity index is 1.74. The molecule has 0 radical (unpaired) electrons. The second-order valence-electron chi connectivity index (χ2n) is 6.10. The van der Waals surface area contributed by atoms with Crippen molar-refractivity contribution >= 4 is 63.8 Å². The molecule has 1 aliphatic heterocycles. The Hall–Kier alpha value is -2.68. The number of carbonyl (C=O) groups excluding carboxylic acids is 3. The molecule has 1 N–H and O–H groups in total. The average molecular weight is 447 g/mol. The van der Waals surface area contributed by atoms with Crippen molar-refractivity contribution in [1.29, 1.82) is 0 Å². The molecule has 0 saturated carbocycles. The van der Waals surface area contributed by atoms with Crippen LogP contribution in [0, 0.1) is 6.92 Å². The molecule has 0 unspecified atom stereocenters. The molecule has 29 heavy (non-hydrogen) atoms. The summed E-state index contributed by atoms with van der Waals surface area (Å²) in [7, 11) is 0. The second kappa shape index (κ2) is 8.77. The van der Waals surface area contributed by atoms with Gasteiger partial charge in [-0.3, -0.25) is 19.8 Å². The van der Waals surface area contributed by atoms with Crippen LogP contribution in [0.3, 0.4) is 0 Å². The largest absolute Gasteiger partial charge is 0.427 e. The third-order valence-corrected chi connectivity index (χ3v) is 5.43. The zero-order valence-electron chi connectivity index (χ0n) is 15.4. The summed E-state index contributed by atoms with van der Waals surface area (Å²) in [5.74, 6) is -0.980. The summed E-state index contributed by atoms with van der Waals surface area (Å²) in [6, 6.07) is 11.7. The number of thiocarbonyl (C=S) groups is 1.